The van der Waals surface area contributed by atoms with Gasteiger partial charge in [-0.3, -0.25) is 4.79 Å². The van der Waals surface area contributed by atoms with E-state index in [0.29, 0.717) is 0 Å². The van der Waals surface area contributed by atoms with E-state index in [4.69, 9.17) is 4.74 Å². The average molecular weight is 270 g/mol. The molecule has 0 aliphatic carbocycles. The highest BCUT2D eigenvalue weighted by molar-refractivity contribution is 6.09. The molecule has 4 nitrogen and oxygen atoms in total. The fraction of sp³-hybridized carbons (Fsp3) is 0.0625. The molecule has 0 heterocycles. The number of allylic oxidation sites excluding steroid dienone is 1. The predicted octanol–water partition coefficient (Wildman–Crippen LogP) is 3.00. The minimum absolute atomic E-state index is 0.0758. The maximum absolute atomic E-state index is 12.0. The van der Waals surface area contributed by atoms with Crippen LogP contribution in [0.25, 0.3) is 6.08 Å². The number of ketones is 1. The minimum atomic E-state index is -0.371. The summed E-state index contributed by atoms with van der Waals surface area (Å²) < 4.78 is 4.85. The molecule has 0 fully saturated rings. The van der Waals surface area contributed by atoms with Gasteiger partial charge < -0.3 is 14.9 Å². The standard InChI is InChI=1S/C16H14O4/c1-20-16-14(18)10-8-12(15(16)19)13(17)9-7-11-5-3-2-4-6-11/h2-10,18-19H,1H3/b9-7+. The molecule has 2 rings (SSSR count). The van der Waals surface area contributed by atoms with E-state index >= 15 is 0 Å². The molecule has 102 valence electrons. The van der Waals surface area contributed by atoms with E-state index in [-0.39, 0.29) is 28.6 Å². The van der Waals surface area contributed by atoms with E-state index in [1.807, 2.05) is 30.3 Å². The molecular formula is C16H14O4. The number of hydrogen-bond acceptors (Lipinski definition) is 4. The molecule has 0 radical (unpaired) electrons. The lowest BCUT2D eigenvalue weighted by molar-refractivity contribution is 0.104. The van der Waals surface area contributed by atoms with E-state index in [9.17, 15) is 15.0 Å². The molecule has 4 heteroatoms. The monoisotopic (exact) mass is 270 g/mol. The van der Waals surface area contributed by atoms with Gasteiger partial charge in [0.2, 0.25) is 5.75 Å². The van der Waals surface area contributed by atoms with Gasteiger partial charge in [-0.2, -0.15) is 0 Å². The largest absolute Gasteiger partial charge is 0.504 e. The van der Waals surface area contributed by atoms with Gasteiger partial charge in [0, 0.05) is 0 Å². The molecular weight excluding hydrogens is 256 g/mol. The van der Waals surface area contributed by atoms with E-state index in [1.165, 1.54) is 25.3 Å². The van der Waals surface area contributed by atoms with Crippen molar-refractivity contribution in [2.75, 3.05) is 7.11 Å². The maximum atomic E-state index is 12.0. The summed E-state index contributed by atoms with van der Waals surface area (Å²) in [6, 6.07) is 12.0. The third-order valence-electron chi connectivity index (χ3n) is 2.81. The van der Waals surface area contributed by atoms with Gasteiger partial charge >= 0.3 is 0 Å². The number of ether oxygens (including phenoxy) is 1. The molecule has 20 heavy (non-hydrogen) atoms. The Labute approximate surface area is 116 Å². The van der Waals surface area contributed by atoms with Crippen LogP contribution < -0.4 is 4.74 Å². The summed E-state index contributed by atoms with van der Waals surface area (Å²) in [4.78, 5) is 12.0. The highest BCUT2D eigenvalue weighted by Gasteiger charge is 2.16. The summed E-state index contributed by atoms with van der Waals surface area (Å²) >= 11 is 0. The summed E-state index contributed by atoms with van der Waals surface area (Å²) in [5, 5.41) is 19.4. The normalized spacial score (nSPS) is 10.7. The Morgan fingerprint density at radius 1 is 1.10 bits per heavy atom. The van der Waals surface area contributed by atoms with Crippen LogP contribution in [0.15, 0.2) is 48.5 Å². The van der Waals surface area contributed by atoms with Crippen LogP contribution in [0.3, 0.4) is 0 Å². The molecule has 0 aromatic heterocycles. The molecule has 0 spiro atoms. The van der Waals surface area contributed by atoms with Crippen LogP contribution in [-0.2, 0) is 0 Å². The number of methoxy groups -OCH3 is 1. The quantitative estimate of drug-likeness (QED) is 0.662. The minimum Gasteiger partial charge on any atom is -0.504 e. The number of hydrogen-bond donors (Lipinski definition) is 2. The number of phenolic OH excluding ortho intramolecular Hbond substituents is 2. The summed E-state index contributed by atoms with van der Waals surface area (Å²) in [5.74, 6) is -1.06. The Morgan fingerprint density at radius 3 is 2.45 bits per heavy atom. The zero-order valence-corrected chi connectivity index (χ0v) is 10.9. The number of carbonyl (C=O) groups excluding carboxylic acids is 1. The van der Waals surface area contributed by atoms with Crippen molar-refractivity contribution in [3.8, 4) is 17.2 Å². The Bertz CT molecular complexity index is 645. The van der Waals surface area contributed by atoms with Crippen LogP contribution in [-0.4, -0.2) is 23.1 Å². The molecule has 2 aromatic carbocycles. The molecule has 0 aliphatic rings. The van der Waals surface area contributed by atoms with Gasteiger partial charge in [0.05, 0.1) is 12.7 Å². The van der Waals surface area contributed by atoms with E-state index in [0.717, 1.165) is 5.56 Å². The molecule has 0 aliphatic heterocycles. The van der Waals surface area contributed by atoms with E-state index in [1.54, 1.807) is 6.08 Å². The van der Waals surface area contributed by atoms with E-state index in [2.05, 4.69) is 0 Å². The Balaban J connectivity index is 2.28. The second-order valence-electron chi connectivity index (χ2n) is 4.12. The SMILES string of the molecule is COc1c(O)ccc(C(=O)/C=C/c2ccccc2)c1O. The van der Waals surface area contributed by atoms with Crippen molar-refractivity contribution in [1.82, 2.24) is 0 Å². The predicted molar refractivity (Wildman–Crippen MR) is 76.1 cm³/mol. The lowest BCUT2D eigenvalue weighted by Crippen LogP contribution is -1.97. The highest BCUT2D eigenvalue weighted by atomic mass is 16.5. The zero-order valence-electron chi connectivity index (χ0n) is 10.9. The smallest absolute Gasteiger partial charge is 0.203 e. The molecule has 2 aromatic rings. The Morgan fingerprint density at radius 2 is 1.80 bits per heavy atom. The zero-order chi connectivity index (χ0) is 14.5. The number of benzene rings is 2. The summed E-state index contributed by atoms with van der Waals surface area (Å²) in [6.07, 6.45) is 3.02. The Kier molecular flexibility index (Phi) is 4.05. The Hall–Kier alpha value is -2.75. The first-order valence-electron chi connectivity index (χ1n) is 6.00. The fourth-order valence-corrected chi connectivity index (χ4v) is 1.79. The molecule has 0 bridgehead atoms. The van der Waals surface area contributed by atoms with Gasteiger partial charge in [-0.05, 0) is 23.8 Å². The van der Waals surface area contributed by atoms with Gasteiger partial charge in [-0.15, -0.1) is 0 Å². The van der Waals surface area contributed by atoms with Gasteiger partial charge in [-0.1, -0.05) is 36.4 Å². The van der Waals surface area contributed by atoms with Gasteiger partial charge in [0.15, 0.2) is 17.3 Å². The van der Waals surface area contributed by atoms with Gasteiger partial charge in [0.25, 0.3) is 0 Å². The molecule has 0 unspecified atom stereocenters. The van der Waals surface area contributed by atoms with Crippen molar-refractivity contribution >= 4 is 11.9 Å². The lowest BCUT2D eigenvalue weighted by atomic mass is 10.1. The van der Waals surface area contributed by atoms with Crippen LogP contribution in [0.1, 0.15) is 15.9 Å². The highest BCUT2D eigenvalue weighted by Crippen LogP contribution is 2.38. The van der Waals surface area contributed by atoms with Crippen molar-refractivity contribution in [2.45, 2.75) is 0 Å². The number of carbonyl (C=O) groups is 1. The first kappa shape index (κ1) is 13.7. The van der Waals surface area contributed by atoms with Crippen LogP contribution in [0.5, 0.6) is 17.2 Å². The number of rotatable bonds is 4. The van der Waals surface area contributed by atoms with Crippen LogP contribution >= 0.6 is 0 Å². The van der Waals surface area contributed by atoms with Crippen molar-refractivity contribution in [1.29, 1.82) is 0 Å². The van der Waals surface area contributed by atoms with Crippen LogP contribution in [0.2, 0.25) is 0 Å². The molecule has 0 saturated heterocycles. The molecule has 0 amide bonds. The van der Waals surface area contributed by atoms with Crippen LogP contribution in [0.4, 0.5) is 0 Å². The van der Waals surface area contributed by atoms with Crippen molar-refractivity contribution in [2.24, 2.45) is 0 Å². The molecule has 0 saturated carbocycles. The second kappa shape index (κ2) is 5.93. The summed E-state index contributed by atoms with van der Waals surface area (Å²) in [6.45, 7) is 0. The second-order valence-corrected chi connectivity index (χ2v) is 4.12. The first-order chi connectivity index (χ1) is 9.63. The summed E-state index contributed by atoms with van der Waals surface area (Å²) in [5.41, 5.74) is 0.956. The van der Waals surface area contributed by atoms with E-state index < -0.39 is 0 Å². The van der Waals surface area contributed by atoms with Crippen molar-refractivity contribution in [3.05, 3.63) is 59.7 Å². The van der Waals surface area contributed by atoms with Crippen molar-refractivity contribution < 1.29 is 19.7 Å². The van der Waals surface area contributed by atoms with Gasteiger partial charge in [-0.25, -0.2) is 0 Å². The topological polar surface area (TPSA) is 66.8 Å². The van der Waals surface area contributed by atoms with Gasteiger partial charge in [0.1, 0.15) is 0 Å². The third-order valence-corrected chi connectivity index (χ3v) is 2.81. The average Bonchev–Trinajstić information content (AvgIpc) is 2.46. The molecule has 2 N–H and O–H groups in total. The van der Waals surface area contributed by atoms with Crippen molar-refractivity contribution in [3.63, 3.8) is 0 Å². The molecule has 0 atom stereocenters. The number of aromatic hydroxyl groups is 2. The summed E-state index contributed by atoms with van der Waals surface area (Å²) in [7, 11) is 1.31. The lowest BCUT2D eigenvalue weighted by Gasteiger charge is -2.08. The first-order valence-corrected chi connectivity index (χ1v) is 6.00. The third kappa shape index (κ3) is 2.80. The number of phenols is 2. The maximum Gasteiger partial charge on any atom is 0.203 e. The fourth-order valence-electron chi connectivity index (χ4n) is 1.79. The van der Waals surface area contributed by atoms with Crippen LogP contribution in [0, 0.1) is 0 Å².